The number of rotatable bonds is 3. The molecule has 0 atom stereocenters. The van der Waals surface area contributed by atoms with Crippen molar-refractivity contribution >= 4 is 34.2 Å². The molecule has 0 saturated carbocycles. The lowest BCUT2D eigenvalue weighted by Crippen LogP contribution is -2.24. The standard InChI is InChI=1S/C18H16Cl2N2O3/c1-9(2)12-6-13-11(5-16(23)25-15(13)4-10(12)3)8-22-18(24)17(20)14(19)7-21-22/h4-7,9H,8H2,1-3H3. The topological polar surface area (TPSA) is 65.1 Å². The molecule has 0 aliphatic rings. The SMILES string of the molecule is Cc1cc2oc(=O)cc(Cn3ncc(Cl)c(Cl)c3=O)c2cc1C(C)C. The number of hydrogen-bond donors (Lipinski definition) is 0. The Balaban J connectivity index is 2.22. The summed E-state index contributed by atoms with van der Waals surface area (Å²) in [7, 11) is 0. The Labute approximate surface area is 153 Å². The zero-order chi connectivity index (χ0) is 18.3. The molecule has 1 aromatic carbocycles. The minimum Gasteiger partial charge on any atom is -0.423 e. The summed E-state index contributed by atoms with van der Waals surface area (Å²) in [6.07, 6.45) is 1.31. The number of halogens is 2. The van der Waals surface area contributed by atoms with Crippen LogP contribution in [0.4, 0.5) is 0 Å². The van der Waals surface area contributed by atoms with Gasteiger partial charge in [0.15, 0.2) is 0 Å². The van der Waals surface area contributed by atoms with E-state index in [4.69, 9.17) is 27.6 Å². The molecule has 25 heavy (non-hydrogen) atoms. The molecule has 2 heterocycles. The Hall–Kier alpha value is -2.11. The van der Waals surface area contributed by atoms with Crippen LogP contribution < -0.4 is 11.2 Å². The number of aryl methyl sites for hydroxylation is 1. The molecule has 3 rings (SSSR count). The molecule has 0 aliphatic carbocycles. The molecule has 0 bridgehead atoms. The van der Waals surface area contributed by atoms with E-state index in [-0.39, 0.29) is 16.6 Å². The van der Waals surface area contributed by atoms with Gasteiger partial charge in [-0.15, -0.1) is 0 Å². The van der Waals surface area contributed by atoms with Crippen LogP contribution in [0.2, 0.25) is 10.0 Å². The van der Waals surface area contributed by atoms with Gasteiger partial charge in [-0.1, -0.05) is 37.0 Å². The van der Waals surface area contributed by atoms with Crippen molar-refractivity contribution in [2.24, 2.45) is 0 Å². The van der Waals surface area contributed by atoms with Gasteiger partial charge in [-0.25, -0.2) is 9.48 Å². The minimum absolute atomic E-state index is 0.0948. The molecule has 7 heteroatoms. The number of hydrogen-bond acceptors (Lipinski definition) is 4. The lowest BCUT2D eigenvalue weighted by molar-refractivity contribution is 0.554. The second-order valence-corrected chi connectivity index (χ2v) is 7.00. The molecule has 0 spiro atoms. The van der Waals surface area contributed by atoms with Gasteiger partial charge in [-0.05, 0) is 41.7 Å². The number of fused-ring (bicyclic) bond motifs is 1. The van der Waals surface area contributed by atoms with Gasteiger partial charge in [0.1, 0.15) is 10.6 Å². The molecule has 0 aliphatic heterocycles. The minimum atomic E-state index is -0.508. The van der Waals surface area contributed by atoms with Gasteiger partial charge in [0.2, 0.25) is 0 Å². The van der Waals surface area contributed by atoms with Gasteiger partial charge in [-0.3, -0.25) is 4.79 Å². The summed E-state index contributed by atoms with van der Waals surface area (Å²) in [5.41, 5.74) is 2.34. The largest absolute Gasteiger partial charge is 0.423 e. The summed E-state index contributed by atoms with van der Waals surface area (Å²) in [6.45, 7) is 6.26. The van der Waals surface area contributed by atoms with Gasteiger partial charge in [0.05, 0.1) is 17.8 Å². The molecule has 3 aromatic rings. The van der Waals surface area contributed by atoms with Crippen molar-refractivity contribution < 1.29 is 4.42 Å². The van der Waals surface area contributed by atoms with Crippen LogP contribution >= 0.6 is 23.2 Å². The highest BCUT2D eigenvalue weighted by Crippen LogP contribution is 2.27. The molecule has 5 nitrogen and oxygen atoms in total. The van der Waals surface area contributed by atoms with E-state index >= 15 is 0 Å². The van der Waals surface area contributed by atoms with Gasteiger partial charge in [-0.2, -0.15) is 5.10 Å². The molecule has 130 valence electrons. The van der Waals surface area contributed by atoms with Crippen LogP contribution in [0.15, 0.2) is 38.4 Å². The summed E-state index contributed by atoms with van der Waals surface area (Å²) in [5.74, 6) is 0.315. The number of benzene rings is 1. The lowest BCUT2D eigenvalue weighted by atomic mass is 9.95. The lowest BCUT2D eigenvalue weighted by Gasteiger charge is -2.13. The van der Waals surface area contributed by atoms with Gasteiger partial charge in [0, 0.05) is 11.5 Å². The molecule has 0 saturated heterocycles. The summed E-state index contributed by atoms with van der Waals surface area (Å²) < 4.78 is 6.50. The maximum absolute atomic E-state index is 12.2. The Morgan fingerprint density at radius 1 is 1.20 bits per heavy atom. The fourth-order valence-electron chi connectivity index (χ4n) is 2.86. The van der Waals surface area contributed by atoms with Crippen LogP contribution in [-0.2, 0) is 6.54 Å². The molecule has 2 aromatic heterocycles. The van der Waals surface area contributed by atoms with Crippen molar-refractivity contribution in [3.63, 3.8) is 0 Å². The highest BCUT2D eigenvalue weighted by atomic mass is 35.5. The molecule has 0 fully saturated rings. The Bertz CT molecular complexity index is 1080. The molecular formula is C18H16Cl2N2O3. The maximum Gasteiger partial charge on any atom is 0.336 e. The number of nitrogens with zero attached hydrogens (tertiary/aromatic N) is 2. The third kappa shape index (κ3) is 3.34. The normalized spacial score (nSPS) is 11.4. The molecule has 0 radical (unpaired) electrons. The van der Waals surface area contributed by atoms with Crippen molar-refractivity contribution in [1.29, 1.82) is 0 Å². The van der Waals surface area contributed by atoms with Crippen LogP contribution in [0.1, 0.15) is 36.5 Å². The predicted octanol–water partition coefficient (Wildman–Crippen LogP) is 4.14. The third-order valence-corrected chi connectivity index (χ3v) is 4.85. The molecule has 0 unspecified atom stereocenters. The van der Waals surface area contributed by atoms with Gasteiger partial charge < -0.3 is 4.42 Å². The fraction of sp³-hybridized carbons (Fsp3) is 0.278. The molecule has 0 N–H and O–H groups in total. The summed E-state index contributed by atoms with van der Waals surface area (Å²) in [5, 5.41) is 4.77. The van der Waals surface area contributed by atoms with Crippen molar-refractivity contribution in [3.05, 3.63) is 71.9 Å². The zero-order valence-corrected chi connectivity index (χ0v) is 15.5. The zero-order valence-electron chi connectivity index (χ0n) is 14.0. The van der Waals surface area contributed by atoms with Crippen molar-refractivity contribution in [2.45, 2.75) is 33.2 Å². The monoisotopic (exact) mass is 378 g/mol. The molecule has 0 amide bonds. The highest BCUT2D eigenvalue weighted by Gasteiger charge is 2.14. The Morgan fingerprint density at radius 3 is 2.60 bits per heavy atom. The van der Waals surface area contributed by atoms with Crippen LogP contribution in [0.25, 0.3) is 11.0 Å². The van der Waals surface area contributed by atoms with E-state index in [1.54, 1.807) is 0 Å². The first kappa shape index (κ1) is 17.7. The highest BCUT2D eigenvalue weighted by molar-refractivity contribution is 6.41. The van der Waals surface area contributed by atoms with E-state index in [2.05, 4.69) is 18.9 Å². The fourth-order valence-corrected chi connectivity index (χ4v) is 3.13. The van der Waals surface area contributed by atoms with E-state index in [9.17, 15) is 9.59 Å². The summed E-state index contributed by atoms with van der Waals surface area (Å²) in [6, 6.07) is 5.22. The average molecular weight is 379 g/mol. The second kappa shape index (κ2) is 6.65. The van der Waals surface area contributed by atoms with Crippen LogP contribution in [0.3, 0.4) is 0 Å². The number of aromatic nitrogens is 2. The quantitative estimate of drug-likeness (QED) is 0.642. The van der Waals surface area contributed by atoms with Gasteiger partial charge >= 0.3 is 5.63 Å². The third-order valence-electron chi connectivity index (χ3n) is 4.10. The van der Waals surface area contributed by atoms with Gasteiger partial charge in [0.25, 0.3) is 5.56 Å². The van der Waals surface area contributed by atoms with Crippen molar-refractivity contribution in [1.82, 2.24) is 9.78 Å². The predicted molar refractivity (Wildman–Crippen MR) is 98.9 cm³/mol. The van der Waals surface area contributed by atoms with Crippen molar-refractivity contribution in [2.75, 3.05) is 0 Å². The van der Waals surface area contributed by atoms with E-state index < -0.39 is 11.2 Å². The van der Waals surface area contributed by atoms with Crippen LogP contribution in [-0.4, -0.2) is 9.78 Å². The van der Waals surface area contributed by atoms with Crippen LogP contribution in [0.5, 0.6) is 0 Å². The first-order valence-corrected chi connectivity index (χ1v) is 8.52. The van der Waals surface area contributed by atoms with E-state index in [0.29, 0.717) is 17.1 Å². The Morgan fingerprint density at radius 2 is 1.92 bits per heavy atom. The van der Waals surface area contributed by atoms with E-state index in [0.717, 1.165) is 16.5 Å². The Kier molecular flexibility index (Phi) is 4.71. The second-order valence-electron chi connectivity index (χ2n) is 6.22. The average Bonchev–Trinajstić information content (AvgIpc) is 2.54. The summed E-state index contributed by atoms with van der Waals surface area (Å²) >= 11 is 11.7. The smallest absolute Gasteiger partial charge is 0.336 e. The van der Waals surface area contributed by atoms with Crippen molar-refractivity contribution in [3.8, 4) is 0 Å². The van der Waals surface area contributed by atoms with E-state index in [1.807, 2.05) is 19.1 Å². The first-order chi connectivity index (χ1) is 11.8. The maximum atomic E-state index is 12.2. The van der Waals surface area contributed by atoms with E-state index in [1.165, 1.54) is 16.9 Å². The first-order valence-electron chi connectivity index (χ1n) is 7.76. The molecular weight excluding hydrogens is 363 g/mol. The summed E-state index contributed by atoms with van der Waals surface area (Å²) in [4.78, 5) is 24.1. The van der Waals surface area contributed by atoms with Crippen LogP contribution in [0, 0.1) is 6.92 Å².